The van der Waals surface area contributed by atoms with Gasteiger partial charge in [0.15, 0.2) is 41.9 Å². The summed E-state index contributed by atoms with van der Waals surface area (Å²) in [5, 5.41) is 0.930. The number of Topliss-reactive ketones (excluding diaryl/α,β-unsaturated/α-hetero) is 2. The number of ketones is 2. The molecule has 2 aliphatic carbocycles. The molecule has 1 aromatic heterocycles. The zero-order chi connectivity index (χ0) is 45.4. The molecule has 2 saturated carbocycles. The number of methoxy groups -OCH3 is 2. The number of rotatable bonds is 21. The van der Waals surface area contributed by atoms with Crippen LogP contribution >= 0.6 is 28.9 Å². The molecule has 0 spiro atoms. The van der Waals surface area contributed by atoms with Crippen molar-refractivity contribution in [3.8, 4) is 23.0 Å². The zero-order valence-corrected chi connectivity index (χ0v) is 39.2. The van der Waals surface area contributed by atoms with E-state index in [1.165, 1.54) is 14.2 Å². The first-order valence-corrected chi connectivity index (χ1v) is 26.1. The van der Waals surface area contributed by atoms with Crippen LogP contribution in [0, 0.1) is 23.7 Å². The predicted molar refractivity (Wildman–Crippen MR) is 248 cm³/mol. The first-order valence-electron chi connectivity index (χ1n) is 21.8. The van der Waals surface area contributed by atoms with Crippen LogP contribution in [0.1, 0.15) is 65.7 Å². The highest BCUT2D eigenvalue weighted by Crippen LogP contribution is 2.50. The number of hydrogen-bond acceptors (Lipinski definition) is 13. The molecular formula is C46H56F2N5O8PS2. The summed E-state index contributed by atoms with van der Waals surface area (Å²) in [7, 11) is 6.54. The molecule has 0 radical (unpaired) electrons. The number of aromatic nitrogens is 1. The lowest BCUT2D eigenvalue weighted by Crippen LogP contribution is -2.31. The van der Waals surface area contributed by atoms with Gasteiger partial charge in [0.2, 0.25) is 5.91 Å². The van der Waals surface area contributed by atoms with E-state index in [0.717, 1.165) is 17.2 Å². The van der Waals surface area contributed by atoms with E-state index in [-0.39, 0.29) is 80.5 Å². The molecule has 3 heterocycles. The summed E-state index contributed by atoms with van der Waals surface area (Å²) in [4.78, 5) is 55.1. The van der Waals surface area contributed by atoms with Crippen LogP contribution in [0.15, 0.2) is 63.7 Å². The number of ether oxygens (including phenoxy) is 4. The largest absolute Gasteiger partial charge is 0.493 e. The Morgan fingerprint density at radius 1 is 0.781 bits per heavy atom. The van der Waals surface area contributed by atoms with E-state index < -0.39 is 31.5 Å². The minimum Gasteiger partial charge on any atom is -0.493 e. The number of pyridine rings is 1. The van der Waals surface area contributed by atoms with Crippen LogP contribution in [0.2, 0.25) is 0 Å². The van der Waals surface area contributed by atoms with Crippen molar-refractivity contribution in [3.63, 3.8) is 0 Å². The first-order chi connectivity index (χ1) is 30.9. The highest BCUT2D eigenvalue weighted by molar-refractivity contribution is 8.76. The number of halogens is 2. The molecule has 13 nitrogen and oxygen atoms in total. The standard InChI is InChI=1S/C46H56F2N5O8PS2/c1-52(44(54)10-7-18-63-64-43-9-5-6-11-49-43)12-8-13-53(2)62(57,16-14-60-41-25-37-35(23-39(41)58-3)45(55)33-21-31(47)19-29(33)27-50-37)17-15-61-42-26-38-36(24-40(42)59-4)46(56)34-22-32(48)20-30(34)28-51-38/h5-6,9,11,23-34H,7-8,10,12-22H2,1-4H3/t29-,30-,31-,32-,33?,34?,62?/m0/s1. The van der Waals surface area contributed by atoms with E-state index in [2.05, 4.69) is 15.0 Å². The second kappa shape index (κ2) is 21.8. The van der Waals surface area contributed by atoms with Crippen molar-refractivity contribution in [2.75, 3.05) is 72.7 Å². The summed E-state index contributed by atoms with van der Waals surface area (Å²) in [6.45, 7) is 0.955. The van der Waals surface area contributed by atoms with Crippen LogP contribution in [0.5, 0.6) is 23.0 Å². The first kappa shape index (κ1) is 47.6. The molecule has 7 rings (SSSR count). The van der Waals surface area contributed by atoms with Gasteiger partial charge < -0.3 is 28.4 Å². The molecule has 2 aliphatic heterocycles. The van der Waals surface area contributed by atoms with Gasteiger partial charge >= 0.3 is 0 Å². The van der Waals surface area contributed by atoms with Gasteiger partial charge in [0.1, 0.15) is 17.4 Å². The van der Waals surface area contributed by atoms with Crippen molar-refractivity contribution in [1.82, 2.24) is 14.6 Å². The molecule has 344 valence electrons. The summed E-state index contributed by atoms with van der Waals surface area (Å²) >= 11 is 0. The molecule has 18 heteroatoms. The second-order valence-electron chi connectivity index (χ2n) is 16.7. The van der Waals surface area contributed by atoms with E-state index in [1.807, 2.05) is 22.9 Å². The number of carbonyl (C=O) groups excluding carboxylic acids is 3. The van der Waals surface area contributed by atoms with Crippen molar-refractivity contribution in [3.05, 3.63) is 59.8 Å². The van der Waals surface area contributed by atoms with Crippen molar-refractivity contribution >= 4 is 70.2 Å². The summed E-state index contributed by atoms with van der Waals surface area (Å²) in [5.41, 5.74) is 1.53. The molecule has 3 aromatic rings. The number of hydrogen-bond donors (Lipinski definition) is 0. The number of aliphatic imine (C=N–C) groups is 2. The van der Waals surface area contributed by atoms with Crippen LogP contribution in [-0.2, 0) is 9.36 Å². The fourth-order valence-electron chi connectivity index (χ4n) is 8.81. The van der Waals surface area contributed by atoms with Crippen LogP contribution < -0.4 is 18.9 Å². The van der Waals surface area contributed by atoms with Gasteiger partial charge in [-0.2, -0.15) is 0 Å². The van der Waals surface area contributed by atoms with Gasteiger partial charge in [-0.15, -0.1) is 0 Å². The lowest BCUT2D eigenvalue weighted by molar-refractivity contribution is -0.129. The Bertz CT molecular complexity index is 2160. The van der Waals surface area contributed by atoms with Crippen molar-refractivity contribution in [2.24, 2.45) is 33.7 Å². The Balaban J connectivity index is 1.00. The average molecular weight is 940 g/mol. The number of nitrogens with zero attached hydrogens (tertiary/aromatic N) is 5. The maximum absolute atomic E-state index is 15.1. The lowest BCUT2D eigenvalue weighted by Gasteiger charge is -2.29. The molecule has 64 heavy (non-hydrogen) atoms. The van der Waals surface area contributed by atoms with Gasteiger partial charge in [0, 0.05) is 110 Å². The van der Waals surface area contributed by atoms with Crippen LogP contribution in [0.3, 0.4) is 0 Å². The normalized spacial score (nSPS) is 23.0. The molecule has 4 aliphatic rings. The number of alkyl halides is 2. The predicted octanol–water partition coefficient (Wildman–Crippen LogP) is 9.36. The minimum atomic E-state index is -3.23. The Labute approximate surface area is 381 Å². The van der Waals surface area contributed by atoms with Crippen LogP contribution in [-0.4, -0.2) is 129 Å². The molecule has 0 bridgehead atoms. The van der Waals surface area contributed by atoms with Crippen LogP contribution in [0.25, 0.3) is 0 Å². The smallest absolute Gasteiger partial charge is 0.222 e. The molecule has 0 N–H and O–H groups in total. The third-order valence-electron chi connectivity index (χ3n) is 12.5. The second-order valence-corrected chi connectivity index (χ2v) is 22.4. The number of benzene rings is 2. The average Bonchev–Trinajstić information content (AvgIpc) is 3.80. The maximum Gasteiger partial charge on any atom is 0.222 e. The molecule has 2 aromatic carbocycles. The van der Waals surface area contributed by atoms with Gasteiger partial charge in [-0.3, -0.25) is 29.0 Å². The van der Waals surface area contributed by atoms with Gasteiger partial charge in [-0.25, -0.2) is 13.8 Å². The fourth-order valence-corrected chi connectivity index (χ4v) is 12.9. The lowest BCUT2D eigenvalue weighted by atomic mass is 9.89. The van der Waals surface area contributed by atoms with Gasteiger partial charge in [-0.05, 0) is 80.6 Å². The van der Waals surface area contributed by atoms with E-state index in [4.69, 9.17) is 18.9 Å². The molecule has 0 saturated heterocycles. The summed E-state index contributed by atoms with van der Waals surface area (Å²) in [5.74, 6) is 0.299. The van der Waals surface area contributed by atoms with E-state index >= 15 is 4.57 Å². The van der Waals surface area contributed by atoms with Gasteiger partial charge in [0.05, 0.1) is 38.8 Å². The van der Waals surface area contributed by atoms with Crippen LogP contribution in [0.4, 0.5) is 20.2 Å². The fraction of sp³-hybridized carbons (Fsp3) is 0.522. The zero-order valence-electron chi connectivity index (χ0n) is 36.7. The third kappa shape index (κ3) is 11.4. The molecule has 6 atom stereocenters. The van der Waals surface area contributed by atoms with Gasteiger partial charge in [0.25, 0.3) is 0 Å². The Morgan fingerprint density at radius 2 is 1.34 bits per heavy atom. The summed E-state index contributed by atoms with van der Waals surface area (Å²) < 4.78 is 69.1. The Morgan fingerprint density at radius 3 is 1.86 bits per heavy atom. The SMILES string of the molecule is COc1cc2c(cc1OCCP(=O)(CCOc1cc3c(cc1OC)C(=O)C1C[C@@H](F)C[C@H]1C=N3)N(C)CCCN(C)C(=O)CCCSSc1ccccn1)N=C[C@@H]1C[C@H](F)CC1C2=O. The highest BCUT2D eigenvalue weighted by Gasteiger charge is 2.42. The summed E-state index contributed by atoms with van der Waals surface area (Å²) in [6.07, 6.45) is 5.82. The minimum absolute atomic E-state index is 0.0271. The van der Waals surface area contributed by atoms with E-state index in [1.54, 1.807) is 83.5 Å². The Kier molecular flexibility index (Phi) is 16.2. The number of fused-ring (bicyclic) bond motifs is 4. The summed E-state index contributed by atoms with van der Waals surface area (Å²) in [6, 6.07) is 12.2. The maximum atomic E-state index is 15.1. The van der Waals surface area contributed by atoms with Crippen molar-refractivity contribution in [2.45, 2.75) is 62.3 Å². The third-order valence-corrected chi connectivity index (χ3v) is 18.1. The van der Waals surface area contributed by atoms with Gasteiger partial charge in [-0.1, -0.05) is 16.9 Å². The molecule has 2 fully saturated rings. The molecular weight excluding hydrogens is 884 g/mol. The number of amides is 1. The van der Waals surface area contributed by atoms with Crippen molar-refractivity contribution < 1.29 is 46.7 Å². The quantitative estimate of drug-likeness (QED) is 0.0569. The highest BCUT2D eigenvalue weighted by atomic mass is 33.1. The van der Waals surface area contributed by atoms with E-state index in [9.17, 15) is 23.2 Å². The molecule has 1 amide bonds. The Hall–Kier alpha value is -4.31. The monoisotopic (exact) mass is 939 g/mol. The van der Waals surface area contributed by atoms with Crippen molar-refractivity contribution in [1.29, 1.82) is 0 Å². The molecule has 2 unspecified atom stereocenters. The number of carbonyl (C=O) groups is 3. The topological polar surface area (TPSA) is 149 Å². The van der Waals surface area contributed by atoms with E-state index in [0.29, 0.717) is 71.4 Å².